The molecule has 1 amide bonds. The van der Waals surface area contributed by atoms with Gasteiger partial charge in [-0.05, 0) is 18.1 Å². The number of nitrogens with zero attached hydrogens (tertiary/aromatic N) is 1. The molecule has 1 aliphatic heterocycles. The van der Waals surface area contributed by atoms with E-state index in [0.717, 1.165) is 18.6 Å². The van der Waals surface area contributed by atoms with Crippen molar-refractivity contribution in [3.63, 3.8) is 0 Å². The first-order valence-electron chi connectivity index (χ1n) is 4.61. The molecule has 1 unspecified atom stereocenters. The molecule has 4 nitrogen and oxygen atoms in total. The Bertz CT molecular complexity index is 346. The summed E-state index contributed by atoms with van der Waals surface area (Å²) < 4.78 is 5.27. The maximum absolute atomic E-state index is 11.1. The summed E-state index contributed by atoms with van der Waals surface area (Å²) >= 11 is 0. The Kier molecular flexibility index (Phi) is 2.45. The highest BCUT2D eigenvalue weighted by molar-refractivity contribution is 5.92. The SMILES string of the molecule is NC(=O)c1ncccc1C1CCOC1. The number of pyridine rings is 1. The molecule has 2 N–H and O–H groups in total. The van der Waals surface area contributed by atoms with E-state index in [4.69, 9.17) is 10.5 Å². The summed E-state index contributed by atoms with van der Waals surface area (Å²) in [6.07, 6.45) is 2.52. The van der Waals surface area contributed by atoms with Crippen molar-refractivity contribution in [1.82, 2.24) is 4.98 Å². The first kappa shape index (κ1) is 9.15. The molecule has 0 bridgehead atoms. The zero-order valence-electron chi connectivity index (χ0n) is 7.77. The summed E-state index contributed by atoms with van der Waals surface area (Å²) in [4.78, 5) is 15.1. The average Bonchev–Trinajstić information content (AvgIpc) is 2.70. The van der Waals surface area contributed by atoms with Crippen molar-refractivity contribution in [3.8, 4) is 0 Å². The number of nitrogens with two attached hydrogens (primary N) is 1. The summed E-state index contributed by atoms with van der Waals surface area (Å²) in [5.41, 5.74) is 6.53. The number of rotatable bonds is 2. The maximum Gasteiger partial charge on any atom is 0.267 e. The summed E-state index contributed by atoms with van der Waals surface area (Å²) in [6.45, 7) is 1.41. The Balaban J connectivity index is 2.35. The van der Waals surface area contributed by atoms with Gasteiger partial charge in [0.2, 0.25) is 0 Å². The van der Waals surface area contributed by atoms with Gasteiger partial charge in [-0.1, -0.05) is 6.07 Å². The minimum absolute atomic E-state index is 0.270. The Labute approximate surface area is 82.1 Å². The number of hydrogen-bond acceptors (Lipinski definition) is 3. The van der Waals surface area contributed by atoms with Crippen LogP contribution in [0.4, 0.5) is 0 Å². The summed E-state index contributed by atoms with van der Waals surface area (Å²) in [7, 11) is 0. The molecule has 0 radical (unpaired) electrons. The van der Waals surface area contributed by atoms with Gasteiger partial charge in [0.05, 0.1) is 6.61 Å². The van der Waals surface area contributed by atoms with Crippen LogP contribution in [0.2, 0.25) is 0 Å². The van der Waals surface area contributed by atoms with E-state index in [1.54, 1.807) is 6.20 Å². The number of hydrogen-bond donors (Lipinski definition) is 1. The molecule has 1 saturated heterocycles. The van der Waals surface area contributed by atoms with Gasteiger partial charge in [0.15, 0.2) is 0 Å². The van der Waals surface area contributed by atoms with Crippen LogP contribution in [0, 0.1) is 0 Å². The van der Waals surface area contributed by atoms with Crippen molar-refractivity contribution in [2.45, 2.75) is 12.3 Å². The zero-order valence-corrected chi connectivity index (χ0v) is 7.77. The number of aromatic nitrogens is 1. The number of ether oxygens (including phenoxy) is 1. The Morgan fingerprint density at radius 3 is 3.14 bits per heavy atom. The van der Waals surface area contributed by atoms with Gasteiger partial charge in [-0.15, -0.1) is 0 Å². The second-order valence-electron chi connectivity index (χ2n) is 3.37. The lowest BCUT2D eigenvalue weighted by molar-refractivity contribution is 0.0994. The van der Waals surface area contributed by atoms with Crippen LogP contribution in [0.25, 0.3) is 0 Å². The molecule has 4 heteroatoms. The summed E-state index contributed by atoms with van der Waals surface area (Å²) in [5.74, 6) is -0.196. The summed E-state index contributed by atoms with van der Waals surface area (Å²) in [5, 5.41) is 0. The third-order valence-corrected chi connectivity index (χ3v) is 2.44. The van der Waals surface area contributed by atoms with E-state index < -0.39 is 5.91 Å². The van der Waals surface area contributed by atoms with E-state index in [0.29, 0.717) is 12.3 Å². The largest absolute Gasteiger partial charge is 0.381 e. The summed E-state index contributed by atoms with van der Waals surface area (Å²) in [6, 6.07) is 3.71. The fraction of sp³-hybridized carbons (Fsp3) is 0.400. The normalized spacial score (nSPS) is 21.0. The molecule has 1 aromatic heterocycles. The zero-order chi connectivity index (χ0) is 9.97. The van der Waals surface area contributed by atoms with E-state index in [2.05, 4.69) is 4.98 Å². The Morgan fingerprint density at radius 1 is 1.64 bits per heavy atom. The molecule has 1 atom stereocenters. The van der Waals surface area contributed by atoms with E-state index in [9.17, 15) is 4.79 Å². The van der Waals surface area contributed by atoms with E-state index in [-0.39, 0.29) is 5.92 Å². The number of amides is 1. The van der Waals surface area contributed by atoms with Crippen LogP contribution in [0.15, 0.2) is 18.3 Å². The standard InChI is InChI=1S/C10H12N2O2/c11-10(13)9-8(2-1-4-12-9)7-3-5-14-6-7/h1-2,4,7H,3,5-6H2,(H2,11,13). The van der Waals surface area contributed by atoms with Gasteiger partial charge in [-0.2, -0.15) is 0 Å². The predicted octanol–water partition coefficient (Wildman–Crippen LogP) is 0.684. The molecule has 0 saturated carbocycles. The fourth-order valence-electron chi connectivity index (χ4n) is 1.73. The van der Waals surface area contributed by atoms with Crippen LogP contribution in [0.1, 0.15) is 28.4 Å². The smallest absolute Gasteiger partial charge is 0.267 e. The Hall–Kier alpha value is -1.42. The third kappa shape index (κ3) is 1.61. The fourth-order valence-corrected chi connectivity index (χ4v) is 1.73. The average molecular weight is 192 g/mol. The lowest BCUT2D eigenvalue weighted by Gasteiger charge is -2.10. The molecule has 1 fully saturated rings. The number of primary amides is 1. The minimum Gasteiger partial charge on any atom is -0.381 e. The lowest BCUT2D eigenvalue weighted by Crippen LogP contribution is -2.17. The molecule has 0 aliphatic carbocycles. The maximum atomic E-state index is 11.1. The highest BCUT2D eigenvalue weighted by atomic mass is 16.5. The van der Waals surface area contributed by atoms with Gasteiger partial charge in [-0.3, -0.25) is 9.78 Å². The molecule has 14 heavy (non-hydrogen) atoms. The van der Waals surface area contributed by atoms with Gasteiger partial charge in [0.25, 0.3) is 5.91 Å². The molecule has 1 aromatic rings. The van der Waals surface area contributed by atoms with E-state index in [1.807, 2.05) is 12.1 Å². The molecule has 0 spiro atoms. The molecule has 2 heterocycles. The van der Waals surface area contributed by atoms with E-state index >= 15 is 0 Å². The Morgan fingerprint density at radius 2 is 2.50 bits per heavy atom. The van der Waals surface area contributed by atoms with Gasteiger partial charge in [-0.25, -0.2) is 0 Å². The quantitative estimate of drug-likeness (QED) is 0.749. The van der Waals surface area contributed by atoms with E-state index in [1.165, 1.54) is 0 Å². The van der Waals surface area contributed by atoms with Crippen molar-refractivity contribution in [2.75, 3.05) is 13.2 Å². The molecule has 0 aromatic carbocycles. The first-order valence-corrected chi connectivity index (χ1v) is 4.61. The van der Waals surface area contributed by atoms with Gasteiger partial charge < -0.3 is 10.5 Å². The lowest BCUT2D eigenvalue weighted by atomic mass is 9.97. The van der Waals surface area contributed by atoms with Crippen molar-refractivity contribution >= 4 is 5.91 Å². The van der Waals surface area contributed by atoms with Gasteiger partial charge in [0.1, 0.15) is 5.69 Å². The van der Waals surface area contributed by atoms with Crippen LogP contribution in [-0.2, 0) is 4.74 Å². The number of carbonyl (C=O) groups excluding carboxylic acids is 1. The third-order valence-electron chi connectivity index (χ3n) is 2.44. The van der Waals surface area contributed by atoms with Crippen LogP contribution < -0.4 is 5.73 Å². The van der Waals surface area contributed by atoms with Crippen LogP contribution in [0.3, 0.4) is 0 Å². The predicted molar refractivity (Wildman–Crippen MR) is 50.9 cm³/mol. The van der Waals surface area contributed by atoms with Crippen molar-refractivity contribution in [3.05, 3.63) is 29.6 Å². The van der Waals surface area contributed by atoms with Crippen LogP contribution in [-0.4, -0.2) is 24.1 Å². The molecular weight excluding hydrogens is 180 g/mol. The first-order chi connectivity index (χ1) is 6.79. The molecular formula is C10H12N2O2. The minimum atomic E-state index is -0.465. The second-order valence-corrected chi connectivity index (χ2v) is 3.37. The molecule has 74 valence electrons. The van der Waals surface area contributed by atoms with Gasteiger partial charge >= 0.3 is 0 Å². The van der Waals surface area contributed by atoms with Crippen molar-refractivity contribution < 1.29 is 9.53 Å². The highest BCUT2D eigenvalue weighted by Gasteiger charge is 2.22. The number of carbonyl (C=O) groups is 1. The van der Waals surface area contributed by atoms with Gasteiger partial charge in [0, 0.05) is 18.7 Å². The van der Waals surface area contributed by atoms with Crippen molar-refractivity contribution in [2.24, 2.45) is 5.73 Å². The monoisotopic (exact) mass is 192 g/mol. The van der Waals surface area contributed by atoms with Crippen molar-refractivity contribution in [1.29, 1.82) is 0 Å². The molecule has 1 aliphatic rings. The van der Waals surface area contributed by atoms with Crippen LogP contribution in [0.5, 0.6) is 0 Å². The van der Waals surface area contributed by atoms with Crippen LogP contribution >= 0.6 is 0 Å². The molecule has 2 rings (SSSR count). The highest BCUT2D eigenvalue weighted by Crippen LogP contribution is 2.26. The topological polar surface area (TPSA) is 65.2 Å². The second kappa shape index (κ2) is 3.75.